The summed E-state index contributed by atoms with van der Waals surface area (Å²) in [6.07, 6.45) is 0.695. The van der Waals surface area contributed by atoms with Gasteiger partial charge >= 0.3 is 0 Å². The SMILES string of the molecule is CN=C(NCCc1cccc(F)c1)NCc1cccc(C(=O)NC(C)(C)C)c1.I. The lowest BCUT2D eigenvalue weighted by Gasteiger charge is -2.20. The highest BCUT2D eigenvalue weighted by Crippen LogP contribution is 2.08. The summed E-state index contributed by atoms with van der Waals surface area (Å²) >= 11 is 0. The summed E-state index contributed by atoms with van der Waals surface area (Å²) < 4.78 is 13.2. The Morgan fingerprint density at radius 1 is 1.03 bits per heavy atom. The zero-order chi connectivity index (χ0) is 20.6. The van der Waals surface area contributed by atoms with Gasteiger partial charge in [0.05, 0.1) is 0 Å². The van der Waals surface area contributed by atoms with Crippen molar-refractivity contribution >= 4 is 35.8 Å². The summed E-state index contributed by atoms with van der Waals surface area (Å²) in [6, 6.07) is 14.1. The van der Waals surface area contributed by atoms with E-state index in [-0.39, 0.29) is 41.2 Å². The molecule has 0 spiro atoms. The lowest BCUT2D eigenvalue weighted by Crippen LogP contribution is -2.40. The highest BCUT2D eigenvalue weighted by molar-refractivity contribution is 14.0. The van der Waals surface area contributed by atoms with Crippen molar-refractivity contribution in [2.24, 2.45) is 4.99 Å². The van der Waals surface area contributed by atoms with Crippen molar-refractivity contribution in [1.29, 1.82) is 0 Å². The number of aliphatic imine (C=N–C) groups is 1. The van der Waals surface area contributed by atoms with E-state index < -0.39 is 0 Å². The number of carbonyl (C=O) groups excluding carboxylic acids is 1. The third kappa shape index (κ3) is 9.25. The van der Waals surface area contributed by atoms with Gasteiger partial charge in [0.15, 0.2) is 5.96 Å². The van der Waals surface area contributed by atoms with Crippen molar-refractivity contribution in [2.75, 3.05) is 13.6 Å². The summed E-state index contributed by atoms with van der Waals surface area (Å²) in [4.78, 5) is 16.5. The summed E-state index contributed by atoms with van der Waals surface area (Å²) in [5, 5.41) is 9.41. The molecule has 158 valence electrons. The van der Waals surface area contributed by atoms with Gasteiger partial charge in [-0.1, -0.05) is 24.3 Å². The lowest BCUT2D eigenvalue weighted by atomic mass is 10.1. The minimum atomic E-state index is -0.279. The second-order valence-corrected chi connectivity index (χ2v) is 7.64. The van der Waals surface area contributed by atoms with E-state index in [0.717, 1.165) is 11.1 Å². The second-order valence-electron chi connectivity index (χ2n) is 7.64. The fraction of sp³-hybridized carbons (Fsp3) is 0.364. The van der Waals surface area contributed by atoms with Gasteiger partial charge in [-0.05, 0) is 62.6 Å². The first-order chi connectivity index (χ1) is 13.3. The standard InChI is InChI=1S/C22H29FN4O.HI/c1-22(2,3)27-20(28)18-9-5-8-17(13-18)15-26-21(24-4)25-12-11-16-7-6-10-19(23)14-16;/h5-10,13-14H,11-12,15H2,1-4H3,(H,27,28)(H2,24,25,26);1H. The van der Waals surface area contributed by atoms with Crippen LogP contribution in [-0.2, 0) is 13.0 Å². The fourth-order valence-corrected chi connectivity index (χ4v) is 2.66. The average molecular weight is 512 g/mol. The van der Waals surface area contributed by atoms with Crippen LogP contribution in [0, 0.1) is 5.82 Å². The first-order valence-corrected chi connectivity index (χ1v) is 9.37. The average Bonchev–Trinajstić information content (AvgIpc) is 2.63. The van der Waals surface area contributed by atoms with Crippen LogP contribution in [0.1, 0.15) is 42.3 Å². The minimum Gasteiger partial charge on any atom is -0.356 e. The molecular weight excluding hydrogens is 482 g/mol. The fourth-order valence-electron chi connectivity index (χ4n) is 2.66. The van der Waals surface area contributed by atoms with Crippen molar-refractivity contribution in [3.63, 3.8) is 0 Å². The number of halogens is 2. The Labute approximate surface area is 189 Å². The molecule has 5 nitrogen and oxygen atoms in total. The molecule has 1 amide bonds. The summed E-state index contributed by atoms with van der Waals surface area (Å²) in [5.41, 5.74) is 2.26. The van der Waals surface area contributed by atoms with Crippen molar-refractivity contribution in [1.82, 2.24) is 16.0 Å². The van der Waals surface area contributed by atoms with Crippen LogP contribution in [0.25, 0.3) is 0 Å². The molecule has 7 heteroatoms. The van der Waals surface area contributed by atoms with E-state index in [2.05, 4.69) is 20.9 Å². The number of nitrogens with zero attached hydrogens (tertiary/aromatic N) is 1. The van der Waals surface area contributed by atoms with Crippen LogP contribution in [-0.4, -0.2) is 31.0 Å². The quantitative estimate of drug-likeness (QED) is 0.313. The normalized spacial score (nSPS) is 11.4. The first kappa shape index (κ1) is 24.9. The Morgan fingerprint density at radius 2 is 1.72 bits per heavy atom. The number of guanidine groups is 1. The zero-order valence-electron chi connectivity index (χ0n) is 17.4. The Kier molecular flexibility index (Phi) is 10.1. The van der Waals surface area contributed by atoms with E-state index in [9.17, 15) is 9.18 Å². The van der Waals surface area contributed by atoms with Crippen LogP contribution in [0.2, 0.25) is 0 Å². The molecule has 0 fully saturated rings. The Balaban J connectivity index is 0.00000420. The maximum absolute atomic E-state index is 13.2. The van der Waals surface area contributed by atoms with Crippen molar-refractivity contribution in [3.8, 4) is 0 Å². The predicted molar refractivity (Wildman–Crippen MR) is 127 cm³/mol. The second kappa shape index (κ2) is 11.7. The Bertz CT molecular complexity index is 834. The highest BCUT2D eigenvalue weighted by atomic mass is 127. The molecule has 3 N–H and O–H groups in total. The lowest BCUT2D eigenvalue weighted by molar-refractivity contribution is 0.0919. The molecule has 0 aliphatic carbocycles. The molecule has 0 heterocycles. The van der Waals surface area contributed by atoms with Gasteiger partial charge in [-0.25, -0.2) is 4.39 Å². The largest absolute Gasteiger partial charge is 0.356 e. The van der Waals surface area contributed by atoms with Crippen molar-refractivity contribution < 1.29 is 9.18 Å². The van der Waals surface area contributed by atoms with Crippen LogP contribution in [0.5, 0.6) is 0 Å². The number of amides is 1. The molecular formula is C22H30FIN4O. The number of rotatable bonds is 6. The molecule has 0 unspecified atom stereocenters. The molecule has 2 rings (SSSR count). The number of carbonyl (C=O) groups is 1. The van der Waals surface area contributed by atoms with Gasteiger partial charge in [-0.15, -0.1) is 24.0 Å². The predicted octanol–water partition coefficient (Wildman–Crippen LogP) is 3.88. The van der Waals surface area contributed by atoms with Crippen LogP contribution in [0.4, 0.5) is 4.39 Å². The molecule has 2 aromatic rings. The van der Waals surface area contributed by atoms with Crippen molar-refractivity contribution in [3.05, 3.63) is 71.0 Å². The summed E-state index contributed by atoms with van der Waals surface area (Å²) in [5.74, 6) is 0.336. The monoisotopic (exact) mass is 512 g/mol. The van der Waals surface area contributed by atoms with Gasteiger partial charge < -0.3 is 16.0 Å². The van der Waals surface area contributed by atoms with Crippen LogP contribution in [0.3, 0.4) is 0 Å². The maximum Gasteiger partial charge on any atom is 0.251 e. The Hall–Kier alpha value is -2.16. The van der Waals surface area contributed by atoms with E-state index in [4.69, 9.17) is 0 Å². The van der Waals surface area contributed by atoms with E-state index in [1.165, 1.54) is 12.1 Å². The number of benzene rings is 2. The molecule has 0 atom stereocenters. The summed E-state index contributed by atoms with van der Waals surface area (Å²) in [7, 11) is 1.70. The van der Waals surface area contributed by atoms with E-state index in [1.54, 1.807) is 19.2 Å². The summed E-state index contributed by atoms with van der Waals surface area (Å²) in [6.45, 7) is 7.04. The molecule has 0 aromatic heterocycles. The van der Waals surface area contributed by atoms with Gasteiger partial charge in [0, 0.05) is 31.2 Å². The van der Waals surface area contributed by atoms with Crippen LogP contribution < -0.4 is 16.0 Å². The van der Waals surface area contributed by atoms with Gasteiger partial charge in [0.25, 0.3) is 5.91 Å². The smallest absolute Gasteiger partial charge is 0.251 e. The van der Waals surface area contributed by atoms with E-state index in [1.807, 2.05) is 45.0 Å². The van der Waals surface area contributed by atoms with Gasteiger partial charge in [0.1, 0.15) is 5.82 Å². The molecule has 0 bridgehead atoms. The zero-order valence-corrected chi connectivity index (χ0v) is 19.7. The highest BCUT2D eigenvalue weighted by Gasteiger charge is 2.15. The Morgan fingerprint density at radius 3 is 2.38 bits per heavy atom. The number of hydrogen-bond donors (Lipinski definition) is 3. The van der Waals surface area contributed by atoms with Gasteiger partial charge in [-0.3, -0.25) is 9.79 Å². The van der Waals surface area contributed by atoms with Crippen LogP contribution in [0.15, 0.2) is 53.5 Å². The third-order valence-corrected chi connectivity index (χ3v) is 3.96. The maximum atomic E-state index is 13.2. The topological polar surface area (TPSA) is 65.5 Å². The molecule has 0 saturated carbocycles. The van der Waals surface area contributed by atoms with Gasteiger partial charge in [0.2, 0.25) is 0 Å². The van der Waals surface area contributed by atoms with Gasteiger partial charge in [-0.2, -0.15) is 0 Å². The minimum absolute atomic E-state index is 0. The molecule has 0 radical (unpaired) electrons. The molecule has 0 saturated heterocycles. The molecule has 0 aliphatic rings. The third-order valence-electron chi connectivity index (χ3n) is 3.96. The molecule has 0 aliphatic heterocycles. The number of hydrogen-bond acceptors (Lipinski definition) is 2. The van der Waals surface area contributed by atoms with Crippen LogP contribution >= 0.6 is 24.0 Å². The first-order valence-electron chi connectivity index (χ1n) is 9.37. The van der Waals surface area contributed by atoms with E-state index >= 15 is 0 Å². The molecule has 2 aromatic carbocycles. The van der Waals surface area contributed by atoms with Crippen molar-refractivity contribution in [2.45, 2.75) is 39.3 Å². The van der Waals surface area contributed by atoms with E-state index in [0.29, 0.717) is 31.0 Å². The number of nitrogens with one attached hydrogen (secondary N) is 3. The molecule has 29 heavy (non-hydrogen) atoms.